The normalized spacial score (nSPS) is 10.8. The van der Waals surface area contributed by atoms with Gasteiger partial charge >= 0.3 is 0 Å². The number of unbranched alkanes of at least 4 members (excludes halogenated alkanes) is 3. The van der Waals surface area contributed by atoms with Crippen LogP contribution in [0.4, 0.5) is 0 Å². The van der Waals surface area contributed by atoms with Crippen molar-refractivity contribution in [2.24, 2.45) is 0 Å². The van der Waals surface area contributed by atoms with Crippen LogP contribution < -0.4 is 0 Å². The van der Waals surface area contributed by atoms with E-state index >= 15 is 0 Å². The third-order valence-electron chi connectivity index (χ3n) is 3.15. The fourth-order valence-electron chi connectivity index (χ4n) is 2.08. The summed E-state index contributed by atoms with van der Waals surface area (Å²) in [5.74, 6) is 1.13. The molecule has 0 N–H and O–H groups in total. The Morgan fingerprint density at radius 3 is 2.58 bits per heavy atom. The molecule has 0 spiro atoms. The first-order chi connectivity index (χ1) is 9.29. The van der Waals surface area contributed by atoms with Crippen molar-refractivity contribution < 1.29 is 4.42 Å². The van der Waals surface area contributed by atoms with E-state index in [1.165, 1.54) is 36.1 Å². The Hall–Kier alpha value is -1.15. The zero-order valence-corrected chi connectivity index (χ0v) is 12.6. The van der Waals surface area contributed by atoms with Gasteiger partial charge in [0.15, 0.2) is 5.09 Å². The van der Waals surface area contributed by atoms with Crippen LogP contribution in [-0.2, 0) is 6.42 Å². The van der Waals surface area contributed by atoms with Crippen LogP contribution in [0.25, 0.3) is 0 Å². The van der Waals surface area contributed by atoms with E-state index in [9.17, 15) is 0 Å². The molecular formula is C17H22OS. The summed E-state index contributed by atoms with van der Waals surface area (Å²) in [5.41, 5.74) is 1.25. The molecule has 0 radical (unpaired) electrons. The molecule has 102 valence electrons. The maximum Gasteiger partial charge on any atom is 0.168 e. The van der Waals surface area contributed by atoms with Gasteiger partial charge in [-0.05, 0) is 31.5 Å². The van der Waals surface area contributed by atoms with Gasteiger partial charge in [-0.3, -0.25) is 0 Å². The molecule has 0 aliphatic rings. The highest BCUT2D eigenvalue weighted by molar-refractivity contribution is 7.99. The molecule has 0 aliphatic heterocycles. The highest BCUT2D eigenvalue weighted by atomic mass is 32.2. The lowest BCUT2D eigenvalue weighted by Crippen LogP contribution is -1.82. The lowest BCUT2D eigenvalue weighted by atomic mass is 10.1. The van der Waals surface area contributed by atoms with Gasteiger partial charge in [0, 0.05) is 16.9 Å². The van der Waals surface area contributed by atoms with Gasteiger partial charge in [0.05, 0.1) is 0 Å². The number of furan rings is 1. The maximum absolute atomic E-state index is 5.96. The SMILES string of the molecule is CCCCCCc1cc(C)c(Sc2ccccc2)o1. The summed E-state index contributed by atoms with van der Waals surface area (Å²) in [6.45, 7) is 4.37. The second-order valence-corrected chi connectivity index (χ2v) is 5.96. The van der Waals surface area contributed by atoms with E-state index in [0.717, 1.165) is 17.3 Å². The van der Waals surface area contributed by atoms with E-state index in [4.69, 9.17) is 4.42 Å². The number of benzene rings is 1. The van der Waals surface area contributed by atoms with Crippen LogP contribution in [0.15, 0.2) is 50.8 Å². The fraction of sp³-hybridized carbons (Fsp3) is 0.412. The summed E-state index contributed by atoms with van der Waals surface area (Å²) < 4.78 is 5.96. The van der Waals surface area contributed by atoms with Crippen LogP contribution >= 0.6 is 11.8 Å². The smallest absolute Gasteiger partial charge is 0.168 e. The minimum absolute atomic E-state index is 1.04. The first kappa shape index (κ1) is 14.3. The van der Waals surface area contributed by atoms with Crippen LogP contribution in [0.5, 0.6) is 0 Å². The van der Waals surface area contributed by atoms with Crippen molar-refractivity contribution in [3.8, 4) is 0 Å². The summed E-state index contributed by atoms with van der Waals surface area (Å²) in [7, 11) is 0. The number of hydrogen-bond donors (Lipinski definition) is 0. The third-order valence-corrected chi connectivity index (χ3v) is 4.25. The molecule has 0 fully saturated rings. The van der Waals surface area contributed by atoms with Gasteiger partial charge in [0.2, 0.25) is 0 Å². The highest BCUT2D eigenvalue weighted by Crippen LogP contribution is 2.32. The molecule has 1 nitrogen and oxygen atoms in total. The molecule has 19 heavy (non-hydrogen) atoms. The van der Waals surface area contributed by atoms with Crippen LogP contribution in [0.2, 0.25) is 0 Å². The molecule has 0 atom stereocenters. The molecule has 0 unspecified atom stereocenters. The molecule has 0 saturated heterocycles. The van der Waals surface area contributed by atoms with Gasteiger partial charge in [-0.1, -0.05) is 56.1 Å². The predicted molar refractivity (Wildman–Crippen MR) is 81.9 cm³/mol. The first-order valence-corrected chi connectivity index (χ1v) is 7.93. The molecule has 2 heteroatoms. The van der Waals surface area contributed by atoms with Crippen LogP contribution in [0, 0.1) is 6.92 Å². The van der Waals surface area contributed by atoms with Gasteiger partial charge in [0.1, 0.15) is 5.76 Å². The molecule has 0 aliphatic carbocycles. The van der Waals surface area contributed by atoms with Gasteiger partial charge in [-0.15, -0.1) is 0 Å². The number of aryl methyl sites for hydroxylation is 2. The largest absolute Gasteiger partial charge is 0.454 e. The molecule has 0 amide bonds. The van der Waals surface area contributed by atoms with Gasteiger partial charge in [0.25, 0.3) is 0 Å². The van der Waals surface area contributed by atoms with Crippen LogP contribution in [-0.4, -0.2) is 0 Å². The van der Waals surface area contributed by atoms with E-state index in [0.29, 0.717) is 0 Å². The van der Waals surface area contributed by atoms with Crippen molar-refractivity contribution >= 4 is 11.8 Å². The van der Waals surface area contributed by atoms with Crippen molar-refractivity contribution in [1.29, 1.82) is 0 Å². The summed E-state index contributed by atoms with van der Waals surface area (Å²) in [6, 6.07) is 12.6. The van der Waals surface area contributed by atoms with Crippen molar-refractivity contribution in [2.45, 2.75) is 55.9 Å². The fourth-order valence-corrected chi connectivity index (χ4v) is 2.95. The lowest BCUT2D eigenvalue weighted by Gasteiger charge is -1.99. The van der Waals surface area contributed by atoms with E-state index in [1.54, 1.807) is 11.8 Å². The summed E-state index contributed by atoms with van der Waals surface area (Å²) in [6.07, 6.45) is 6.21. The Kier molecular flexibility index (Phi) is 5.59. The topological polar surface area (TPSA) is 13.1 Å². The maximum atomic E-state index is 5.96. The molecule has 2 rings (SSSR count). The Morgan fingerprint density at radius 1 is 1.05 bits per heavy atom. The Bertz CT molecular complexity index is 487. The molecular weight excluding hydrogens is 252 g/mol. The van der Waals surface area contributed by atoms with E-state index < -0.39 is 0 Å². The molecule has 0 bridgehead atoms. The van der Waals surface area contributed by atoms with E-state index in [1.807, 2.05) is 6.07 Å². The standard InChI is InChI=1S/C17H22OS/c1-3-4-5-7-10-15-13-14(2)17(18-15)19-16-11-8-6-9-12-16/h6,8-9,11-13H,3-5,7,10H2,1-2H3. The minimum atomic E-state index is 1.04. The summed E-state index contributed by atoms with van der Waals surface area (Å²) in [4.78, 5) is 1.23. The minimum Gasteiger partial charge on any atom is -0.454 e. The molecule has 1 heterocycles. The molecule has 2 aromatic rings. The number of rotatable bonds is 7. The molecule has 0 saturated carbocycles. The summed E-state index contributed by atoms with van der Waals surface area (Å²) in [5, 5.41) is 1.04. The van der Waals surface area contributed by atoms with Gasteiger partial charge in [-0.2, -0.15) is 0 Å². The molecule has 1 aromatic heterocycles. The van der Waals surface area contributed by atoms with Gasteiger partial charge in [-0.25, -0.2) is 0 Å². The highest BCUT2D eigenvalue weighted by Gasteiger charge is 2.09. The monoisotopic (exact) mass is 274 g/mol. The quantitative estimate of drug-likeness (QED) is 0.586. The Balaban J connectivity index is 1.93. The second-order valence-electron chi connectivity index (χ2n) is 4.91. The number of hydrogen-bond acceptors (Lipinski definition) is 2. The predicted octanol–water partition coefficient (Wildman–Crippen LogP) is 5.86. The zero-order chi connectivity index (χ0) is 13.5. The van der Waals surface area contributed by atoms with Gasteiger partial charge < -0.3 is 4.42 Å². The molecule has 1 aromatic carbocycles. The summed E-state index contributed by atoms with van der Waals surface area (Å²) >= 11 is 1.71. The third kappa shape index (κ3) is 4.46. The lowest BCUT2D eigenvalue weighted by molar-refractivity contribution is 0.422. The van der Waals surface area contributed by atoms with Crippen molar-refractivity contribution in [3.63, 3.8) is 0 Å². The van der Waals surface area contributed by atoms with Crippen molar-refractivity contribution in [2.75, 3.05) is 0 Å². The van der Waals surface area contributed by atoms with Crippen molar-refractivity contribution in [1.82, 2.24) is 0 Å². The van der Waals surface area contributed by atoms with Crippen LogP contribution in [0.1, 0.15) is 43.9 Å². The second kappa shape index (κ2) is 7.44. The first-order valence-electron chi connectivity index (χ1n) is 7.12. The zero-order valence-electron chi connectivity index (χ0n) is 11.8. The average molecular weight is 274 g/mol. The Morgan fingerprint density at radius 2 is 1.84 bits per heavy atom. The van der Waals surface area contributed by atoms with E-state index in [2.05, 4.69) is 44.2 Å². The Labute approximate surface area is 120 Å². The van der Waals surface area contributed by atoms with Crippen LogP contribution in [0.3, 0.4) is 0 Å². The van der Waals surface area contributed by atoms with E-state index in [-0.39, 0.29) is 0 Å². The van der Waals surface area contributed by atoms with Crippen molar-refractivity contribution in [3.05, 3.63) is 47.7 Å². The average Bonchev–Trinajstić information content (AvgIpc) is 2.77.